The van der Waals surface area contributed by atoms with Crippen LogP contribution in [0.4, 0.5) is 0 Å². The first-order valence-electron chi connectivity index (χ1n) is 16.5. The van der Waals surface area contributed by atoms with E-state index in [1.54, 1.807) is 44.5 Å². The van der Waals surface area contributed by atoms with E-state index in [-0.39, 0.29) is 0 Å². The highest BCUT2D eigenvalue weighted by atomic mass is 14.2. The van der Waals surface area contributed by atoms with Gasteiger partial charge in [0.2, 0.25) is 0 Å². The molecular weight excluding hydrogens is 468 g/mol. The van der Waals surface area contributed by atoms with E-state index in [9.17, 15) is 0 Å². The Morgan fingerprint density at radius 1 is 0.359 bits per heavy atom. The Hall–Kier alpha value is -1.56. The highest BCUT2D eigenvalue weighted by Gasteiger charge is 2.17. The lowest BCUT2D eigenvalue weighted by molar-refractivity contribution is 0.608. The zero-order valence-corrected chi connectivity index (χ0v) is 28.1. The van der Waals surface area contributed by atoms with Crippen LogP contribution in [0.25, 0.3) is 0 Å². The lowest BCUT2D eigenvalue weighted by atomic mass is 9.83. The number of benzene rings is 2. The van der Waals surface area contributed by atoms with Crippen molar-refractivity contribution in [3.63, 3.8) is 0 Å². The lowest BCUT2D eigenvalue weighted by Crippen LogP contribution is -2.11. The average molecular weight is 533 g/mol. The van der Waals surface area contributed by atoms with Gasteiger partial charge < -0.3 is 0 Å². The van der Waals surface area contributed by atoms with E-state index in [0.29, 0.717) is 35.5 Å². The van der Waals surface area contributed by atoms with E-state index in [4.69, 9.17) is 0 Å². The number of hydrogen-bond donors (Lipinski definition) is 0. The second-order valence-electron chi connectivity index (χ2n) is 15.2. The van der Waals surface area contributed by atoms with Crippen molar-refractivity contribution in [1.82, 2.24) is 0 Å². The van der Waals surface area contributed by atoms with Gasteiger partial charge in [0.15, 0.2) is 0 Å². The highest BCUT2D eigenvalue weighted by Crippen LogP contribution is 2.30. The molecule has 0 aromatic heterocycles. The molecule has 2 rings (SSSR count). The molecule has 39 heavy (non-hydrogen) atoms. The molecule has 220 valence electrons. The second-order valence-corrected chi connectivity index (χ2v) is 15.2. The number of hydrogen-bond acceptors (Lipinski definition) is 0. The fourth-order valence-electron chi connectivity index (χ4n) is 6.49. The van der Waals surface area contributed by atoms with Crippen LogP contribution in [0.3, 0.4) is 0 Å². The Morgan fingerprint density at radius 2 is 0.590 bits per heavy atom. The van der Waals surface area contributed by atoms with Crippen LogP contribution < -0.4 is 0 Å². The summed E-state index contributed by atoms with van der Waals surface area (Å²) >= 11 is 0. The molecule has 0 unspecified atom stereocenters. The Labute approximate surface area is 244 Å². The maximum Gasteiger partial charge on any atom is -0.0253 e. The fourth-order valence-corrected chi connectivity index (χ4v) is 6.49. The summed E-state index contributed by atoms with van der Waals surface area (Å²) < 4.78 is 0. The van der Waals surface area contributed by atoms with Crippen LogP contribution in [-0.2, 0) is 51.4 Å². The molecule has 0 nitrogen and oxygen atoms in total. The molecule has 0 aliphatic heterocycles. The molecule has 0 fully saturated rings. The minimum atomic E-state index is 0.689. The third kappa shape index (κ3) is 11.8. The molecule has 0 spiro atoms. The minimum absolute atomic E-state index is 0.689. The molecule has 2 aromatic carbocycles. The summed E-state index contributed by atoms with van der Waals surface area (Å²) in [6.07, 6.45) is 10.9. The molecule has 2 aromatic rings. The third-order valence-corrected chi connectivity index (χ3v) is 7.64. The monoisotopic (exact) mass is 533 g/mol. The van der Waals surface area contributed by atoms with Crippen LogP contribution in [0.1, 0.15) is 134 Å². The lowest BCUT2D eigenvalue weighted by Gasteiger charge is -2.23. The summed E-state index contributed by atoms with van der Waals surface area (Å²) in [5.74, 6) is 4.16. The molecule has 0 saturated carbocycles. The second kappa shape index (κ2) is 16.0. The van der Waals surface area contributed by atoms with Gasteiger partial charge >= 0.3 is 0 Å². The normalized spacial score (nSPS) is 12.4. The fraction of sp³-hybridized carbons (Fsp3) is 0.692. The third-order valence-electron chi connectivity index (χ3n) is 7.64. The smallest absolute Gasteiger partial charge is 0.0253 e. The zero-order chi connectivity index (χ0) is 29.3. The molecule has 0 heteroatoms. The van der Waals surface area contributed by atoms with Crippen molar-refractivity contribution in [3.8, 4) is 0 Å². The van der Waals surface area contributed by atoms with Gasteiger partial charge in [0.1, 0.15) is 0 Å². The maximum atomic E-state index is 2.58. The molecular formula is C39H64. The van der Waals surface area contributed by atoms with Crippen molar-refractivity contribution in [3.05, 3.63) is 68.8 Å². The van der Waals surface area contributed by atoms with Gasteiger partial charge in [0, 0.05) is 0 Å². The predicted octanol–water partition coefficient (Wildman–Crippen LogP) is 11.1. The van der Waals surface area contributed by atoms with Crippen LogP contribution in [0.15, 0.2) is 24.3 Å². The van der Waals surface area contributed by atoms with E-state index in [0.717, 1.165) is 0 Å². The van der Waals surface area contributed by atoms with E-state index in [1.165, 1.54) is 57.8 Å². The first-order valence-corrected chi connectivity index (χ1v) is 16.5. The molecule has 0 atom stereocenters. The maximum absolute atomic E-state index is 2.58. The van der Waals surface area contributed by atoms with Crippen LogP contribution in [0.2, 0.25) is 0 Å². The molecule has 0 heterocycles. The molecule has 0 saturated heterocycles. The van der Waals surface area contributed by atoms with Crippen molar-refractivity contribution in [2.75, 3.05) is 0 Å². The van der Waals surface area contributed by atoms with Crippen LogP contribution in [0, 0.1) is 35.5 Å². The molecule has 0 amide bonds. The Bertz CT molecular complexity index is 855. The van der Waals surface area contributed by atoms with Gasteiger partial charge in [-0.25, -0.2) is 0 Å². The van der Waals surface area contributed by atoms with Gasteiger partial charge in [-0.3, -0.25) is 0 Å². The van der Waals surface area contributed by atoms with Crippen molar-refractivity contribution in [1.29, 1.82) is 0 Å². The molecule has 0 N–H and O–H groups in total. The summed E-state index contributed by atoms with van der Waals surface area (Å²) in [4.78, 5) is 0. The van der Waals surface area contributed by atoms with E-state index in [2.05, 4.69) is 107 Å². The van der Waals surface area contributed by atoms with Gasteiger partial charge in [0.25, 0.3) is 0 Å². The van der Waals surface area contributed by atoms with Crippen molar-refractivity contribution < 1.29 is 0 Å². The summed E-state index contributed by atoms with van der Waals surface area (Å²) in [7, 11) is 0. The van der Waals surface area contributed by atoms with Crippen molar-refractivity contribution >= 4 is 0 Å². The first kappa shape index (κ1) is 33.6. The largest absolute Gasteiger partial charge is 0.0625 e. The first-order chi connectivity index (χ1) is 18.2. The standard InChI is InChI=1S/C39H64/c1-26(2)16-32-22-34(18-28(5)6)38(35(23-32)19-29(7)8)14-13-15-39-36(20-30(9)10)24-33(17-27(3)4)25-37(39)21-31(11)12/h22-31H,13-21H2,1-12H3. The summed E-state index contributed by atoms with van der Waals surface area (Å²) in [6, 6.07) is 10.3. The number of rotatable bonds is 16. The predicted molar refractivity (Wildman–Crippen MR) is 176 cm³/mol. The van der Waals surface area contributed by atoms with E-state index < -0.39 is 0 Å². The van der Waals surface area contributed by atoms with Crippen LogP contribution in [-0.4, -0.2) is 0 Å². The minimum Gasteiger partial charge on any atom is -0.0625 e. The van der Waals surface area contributed by atoms with Gasteiger partial charge in [-0.2, -0.15) is 0 Å². The van der Waals surface area contributed by atoms with Gasteiger partial charge in [-0.15, -0.1) is 0 Å². The topological polar surface area (TPSA) is 0 Å². The van der Waals surface area contributed by atoms with E-state index in [1.807, 2.05) is 0 Å². The highest BCUT2D eigenvalue weighted by molar-refractivity contribution is 5.42. The van der Waals surface area contributed by atoms with Gasteiger partial charge in [-0.1, -0.05) is 107 Å². The van der Waals surface area contributed by atoms with E-state index >= 15 is 0 Å². The van der Waals surface area contributed by atoms with Gasteiger partial charge in [-0.05, 0) is 138 Å². The zero-order valence-electron chi connectivity index (χ0n) is 28.1. The average Bonchev–Trinajstić information content (AvgIpc) is 2.74. The Balaban J connectivity index is 2.47. The summed E-state index contributed by atoms with van der Waals surface area (Å²) in [5.41, 5.74) is 13.0. The Morgan fingerprint density at radius 3 is 0.795 bits per heavy atom. The quantitative estimate of drug-likeness (QED) is 0.202. The van der Waals surface area contributed by atoms with Crippen molar-refractivity contribution in [2.24, 2.45) is 35.5 Å². The Kier molecular flexibility index (Phi) is 13.8. The molecule has 0 aliphatic rings. The molecule has 0 radical (unpaired) electrons. The molecule has 0 aliphatic carbocycles. The van der Waals surface area contributed by atoms with Crippen molar-refractivity contribution in [2.45, 2.75) is 141 Å². The SMILES string of the molecule is CC(C)Cc1cc(CC(C)C)c(CCCc2c(CC(C)C)cc(CC(C)C)cc2CC(C)C)c(CC(C)C)c1. The van der Waals surface area contributed by atoms with Gasteiger partial charge in [0.05, 0.1) is 0 Å². The summed E-state index contributed by atoms with van der Waals surface area (Å²) in [5, 5.41) is 0. The molecule has 0 bridgehead atoms. The van der Waals surface area contributed by atoms with Crippen LogP contribution in [0.5, 0.6) is 0 Å². The summed E-state index contributed by atoms with van der Waals surface area (Å²) in [6.45, 7) is 28.5. The van der Waals surface area contributed by atoms with Crippen LogP contribution >= 0.6 is 0 Å².